The fraction of sp³-hybridized carbons (Fsp3) is 0.714. The molecule has 1 atom stereocenters. The Hall–Kier alpha value is -1.08. The van der Waals surface area contributed by atoms with E-state index in [1.807, 2.05) is 6.07 Å². The van der Waals surface area contributed by atoms with Crippen molar-refractivity contribution in [2.45, 2.75) is 18.9 Å². The number of amides is 1. The number of nitrogens with zero attached hydrogens (tertiary/aromatic N) is 2. The monoisotopic (exact) mass is 153 g/mol. The lowest BCUT2D eigenvalue weighted by Crippen LogP contribution is -2.37. The van der Waals surface area contributed by atoms with Crippen molar-refractivity contribution in [3.05, 3.63) is 0 Å². The summed E-state index contributed by atoms with van der Waals surface area (Å²) in [4.78, 5) is 12.6. The number of rotatable bonds is 2. The van der Waals surface area contributed by atoms with Crippen molar-refractivity contribution >= 4 is 5.91 Å². The first-order valence-corrected chi connectivity index (χ1v) is 3.67. The molecule has 1 fully saturated rings. The molecule has 0 radical (unpaired) electrons. The largest absolute Gasteiger partial charge is 0.340 e. The van der Waals surface area contributed by atoms with Crippen LogP contribution in [-0.4, -0.2) is 29.9 Å². The van der Waals surface area contributed by atoms with Crippen molar-refractivity contribution in [1.82, 2.24) is 4.90 Å². The smallest absolute Gasteiger partial charge is 0.222 e. The number of nitriles is 1. The van der Waals surface area contributed by atoms with Crippen molar-refractivity contribution in [2.24, 2.45) is 5.73 Å². The Kier molecular flexibility index (Phi) is 2.44. The summed E-state index contributed by atoms with van der Waals surface area (Å²) in [7, 11) is 0. The molecule has 0 aliphatic carbocycles. The summed E-state index contributed by atoms with van der Waals surface area (Å²) >= 11 is 0. The van der Waals surface area contributed by atoms with Crippen LogP contribution in [-0.2, 0) is 4.79 Å². The Morgan fingerprint density at radius 1 is 1.82 bits per heavy atom. The van der Waals surface area contributed by atoms with Gasteiger partial charge in [-0.1, -0.05) is 0 Å². The number of hydrogen-bond donors (Lipinski definition) is 1. The Bertz CT molecular complexity index is 196. The van der Waals surface area contributed by atoms with E-state index in [2.05, 4.69) is 0 Å². The molecular formula is C7H11N3O. The van der Waals surface area contributed by atoms with Gasteiger partial charge in [0, 0.05) is 19.5 Å². The molecule has 0 spiro atoms. The number of carbonyl (C=O) groups excluding carboxylic acids is 1. The van der Waals surface area contributed by atoms with Gasteiger partial charge in [0.25, 0.3) is 0 Å². The minimum absolute atomic E-state index is 0.121. The van der Waals surface area contributed by atoms with Gasteiger partial charge in [0.15, 0.2) is 0 Å². The van der Waals surface area contributed by atoms with Crippen LogP contribution < -0.4 is 5.73 Å². The van der Waals surface area contributed by atoms with Crippen LogP contribution in [0.15, 0.2) is 0 Å². The normalized spacial score (nSPS) is 20.0. The molecule has 0 unspecified atom stereocenters. The van der Waals surface area contributed by atoms with Crippen LogP contribution in [0.25, 0.3) is 0 Å². The van der Waals surface area contributed by atoms with Crippen molar-refractivity contribution < 1.29 is 4.79 Å². The predicted molar refractivity (Wildman–Crippen MR) is 39.4 cm³/mol. The fourth-order valence-electron chi connectivity index (χ4n) is 1.18. The maximum atomic E-state index is 11.0. The predicted octanol–water partition coefficient (Wildman–Crippen LogP) is -0.540. The number of hydrogen-bond acceptors (Lipinski definition) is 3. The highest BCUT2D eigenvalue weighted by molar-refractivity contribution is 5.78. The average molecular weight is 153 g/mol. The van der Waals surface area contributed by atoms with Gasteiger partial charge in [-0.15, -0.1) is 0 Å². The molecule has 0 saturated carbocycles. The lowest BCUT2D eigenvalue weighted by Gasteiger charge is -2.15. The standard InChI is InChI=1S/C7H11N3O/c8-4-6(9)5-10-3-1-2-7(10)11/h6H,1-3,5,9H2/t6-/m1/s1. The molecular weight excluding hydrogens is 142 g/mol. The van der Waals surface area contributed by atoms with Crippen LogP contribution in [0, 0.1) is 11.3 Å². The number of carbonyl (C=O) groups is 1. The van der Waals surface area contributed by atoms with E-state index in [4.69, 9.17) is 11.0 Å². The quantitative estimate of drug-likeness (QED) is 0.579. The van der Waals surface area contributed by atoms with E-state index in [9.17, 15) is 4.79 Å². The molecule has 4 nitrogen and oxygen atoms in total. The van der Waals surface area contributed by atoms with Gasteiger partial charge in [0.2, 0.25) is 5.91 Å². The average Bonchev–Trinajstić information content (AvgIpc) is 2.37. The van der Waals surface area contributed by atoms with E-state index in [-0.39, 0.29) is 5.91 Å². The molecule has 0 aromatic heterocycles. The summed E-state index contributed by atoms with van der Waals surface area (Å²) < 4.78 is 0. The van der Waals surface area contributed by atoms with Crippen LogP contribution in [0.5, 0.6) is 0 Å². The molecule has 60 valence electrons. The Morgan fingerprint density at radius 2 is 2.55 bits per heavy atom. The fourth-order valence-corrected chi connectivity index (χ4v) is 1.18. The van der Waals surface area contributed by atoms with Gasteiger partial charge in [-0.05, 0) is 6.42 Å². The van der Waals surface area contributed by atoms with E-state index in [1.54, 1.807) is 4.90 Å². The molecule has 0 bridgehead atoms. The SMILES string of the molecule is N#C[C@@H](N)CN1CCCC1=O. The van der Waals surface area contributed by atoms with Crippen LogP contribution in [0.1, 0.15) is 12.8 Å². The van der Waals surface area contributed by atoms with Crippen LogP contribution >= 0.6 is 0 Å². The molecule has 0 aromatic carbocycles. The van der Waals surface area contributed by atoms with Crippen molar-refractivity contribution in [3.63, 3.8) is 0 Å². The molecule has 1 rings (SSSR count). The van der Waals surface area contributed by atoms with Crippen molar-refractivity contribution in [2.75, 3.05) is 13.1 Å². The second kappa shape index (κ2) is 3.35. The highest BCUT2D eigenvalue weighted by atomic mass is 16.2. The lowest BCUT2D eigenvalue weighted by molar-refractivity contribution is -0.127. The zero-order valence-corrected chi connectivity index (χ0v) is 6.29. The molecule has 1 heterocycles. The summed E-state index contributed by atoms with van der Waals surface area (Å²) in [5.74, 6) is 0.121. The molecule has 2 N–H and O–H groups in total. The summed E-state index contributed by atoms with van der Waals surface area (Å²) in [6.45, 7) is 1.14. The molecule has 1 aliphatic heterocycles. The van der Waals surface area contributed by atoms with Gasteiger partial charge >= 0.3 is 0 Å². The molecule has 1 saturated heterocycles. The molecule has 4 heteroatoms. The van der Waals surface area contributed by atoms with Crippen LogP contribution in [0.3, 0.4) is 0 Å². The Balaban J connectivity index is 2.38. The van der Waals surface area contributed by atoms with Crippen molar-refractivity contribution in [3.8, 4) is 6.07 Å². The molecule has 0 aromatic rings. The van der Waals surface area contributed by atoms with Gasteiger partial charge < -0.3 is 10.6 Å². The third-order valence-corrected chi connectivity index (χ3v) is 1.75. The minimum atomic E-state index is -0.531. The summed E-state index contributed by atoms with van der Waals surface area (Å²) in [5, 5.41) is 8.37. The summed E-state index contributed by atoms with van der Waals surface area (Å²) in [6.07, 6.45) is 1.51. The summed E-state index contributed by atoms with van der Waals surface area (Å²) in [6, 6.07) is 1.37. The highest BCUT2D eigenvalue weighted by Gasteiger charge is 2.21. The first-order chi connectivity index (χ1) is 5.24. The van der Waals surface area contributed by atoms with E-state index in [0.29, 0.717) is 13.0 Å². The Labute approximate surface area is 65.6 Å². The maximum absolute atomic E-state index is 11.0. The molecule has 11 heavy (non-hydrogen) atoms. The van der Waals surface area contributed by atoms with Crippen LogP contribution in [0.4, 0.5) is 0 Å². The zero-order valence-electron chi connectivity index (χ0n) is 6.29. The van der Waals surface area contributed by atoms with Gasteiger partial charge in [-0.25, -0.2) is 0 Å². The third-order valence-electron chi connectivity index (χ3n) is 1.75. The van der Waals surface area contributed by atoms with E-state index in [1.165, 1.54) is 0 Å². The first kappa shape index (κ1) is 8.02. The molecule has 1 aliphatic rings. The maximum Gasteiger partial charge on any atom is 0.222 e. The first-order valence-electron chi connectivity index (χ1n) is 3.67. The van der Waals surface area contributed by atoms with Gasteiger partial charge in [-0.2, -0.15) is 5.26 Å². The van der Waals surface area contributed by atoms with E-state index in [0.717, 1.165) is 13.0 Å². The van der Waals surface area contributed by atoms with Crippen molar-refractivity contribution in [1.29, 1.82) is 5.26 Å². The van der Waals surface area contributed by atoms with Gasteiger partial charge in [-0.3, -0.25) is 4.79 Å². The Morgan fingerprint density at radius 3 is 3.00 bits per heavy atom. The lowest BCUT2D eigenvalue weighted by atomic mass is 10.3. The van der Waals surface area contributed by atoms with E-state index < -0.39 is 6.04 Å². The second-order valence-electron chi connectivity index (χ2n) is 2.68. The van der Waals surface area contributed by atoms with Crippen LogP contribution in [0.2, 0.25) is 0 Å². The number of likely N-dealkylation sites (tertiary alicyclic amines) is 1. The van der Waals surface area contributed by atoms with Gasteiger partial charge in [0.05, 0.1) is 6.07 Å². The minimum Gasteiger partial charge on any atom is -0.340 e. The third kappa shape index (κ3) is 1.92. The topological polar surface area (TPSA) is 70.1 Å². The van der Waals surface area contributed by atoms with E-state index >= 15 is 0 Å². The number of nitrogens with two attached hydrogens (primary N) is 1. The highest BCUT2D eigenvalue weighted by Crippen LogP contribution is 2.08. The zero-order chi connectivity index (χ0) is 8.27. The molecule has 1 amide bonds. The second-order valence-corrected chi connectivity index (χ2v) is 2.68. The summed E-state index contributed by atoms with van der Waals surface area (Å²) in [5.41, 5.74) is 5.36. The van der Waals surface area contributed by atoms with Gasteiger partial charge in [0.1, 0.15) is 6.04 Å².